The second kappa shape index (κ2) is 7.49. The summed E-state index contributed by atoms with van der Waals surface area (Å²) in [5.41, 5.74) is 0.712. The molecule has 5 heteroatoms. The molecule has 122 valence electrons. The fourth-order valence-corrected chi connectivity index (χ4v) is 2.73. The van der Waals surface area contributed by atoms with Crippen molar-refractivity contribution in [1.82, 2.24) is 10.6 Å². The first kappa shape index (κ1) is 16.6. The maximum absolute atomic E-state index is 12.1. The molecule has 1 aromatic rings. The summed E-state index contributed by atoms with van der Waals surface area (Å²) < 4.78 is 10.9. The SMILES string of the molecule is COc1ccccc1CC(C)(C)NC(=O)NC[C@H]1CCCO1. The number of nitrogens with one attached hydrogen (secondary N) is 2. The molecule has 1 atom stereocenters. The van der Waals surface area contributed by atoms with Gasteiger partial charge in [0.2, 0.25) is 0 Å². The van der Waals surface area contributed by atoms with Crippen molar-refractivity contribution in [3.8, 4) is 5.75 Å². The second-order valence-electron chi connectivity index (χ2n) is 6.34. The lowest BCUT2D eigenvalue weighted by Gasteiger charge is -2.27. The lowest BCUT2D eigenvalue weighted by atomic mass is 9.94. The largest absolute Gasteiger partial charge is 0.496 e. The molecule has 1 aromatic carbocycles. The van der Waals surface area contributed by atoms with Gasteiger partial charge >= 0.3 is 6.03 Å². The van der Waals surface area contributed by atoms with E-state index in [-0.39, 0.29) is 17.7 Å². The summed E-state index contributed by atoms with van der Waals surface area (Å²) in [4.78, 5) is 12.1. The maximum Gasteiger partial charge on any atom is 0.315 e. The summed E-state index contributed by atoms with van der Waals surface area (Å²) in [5, 5.41) is 5.91. The number of hydrogen-bond acceptors (Lipinski definition) is 3. The molecule has 0 aromatic heterocycles. The number of carbonyl (C=O) groups is 1. The minimum absolute atomic E-state index is 0.156. The zero-order chi connectivity index (χ0) is 16.0. The molecule has 1 fully saturated rings. The fraction of sp³-hybridized carbons (Fsp3) is 0.588. The van der Waals surface area contributed by atoms with Crippen LogP contribution in [0, 0.1) is 0 Å². The Bertz CT molecular complexity index is 496. The van der Waals surface area contributed by atoms with E-state index in [4.69, 9.17) is 9.47 Å². The zero-order valence-electron chi connectivity index (χ0n) is 13.6. The molecule has 0 spiro atoms. The number of carbonyl (C=O) groups excluding carboxylic acids is 1. The lowest BCUT2D eigenvalue weighted by molar-refractivity contribution is 0.111. The van der Waals surface area contributed by atoms with Crippen LogP contribution in [0.5, 0.6) is 5.75 Å². The van der Waals surface area contributed by atoms with Crippen LogP contribution in [0.4, 0.5) is 4.79 Å². The number of hydrogen-bond donors (Lipinski definition) is 2. The van der Waals surface area contributed by atoms with Crippen LogP contribution in [0.25, 0.3) is 0 Å². The van der Waals surface area contributed by atoms with Crippen LogP contribution < -0.4 is 15.4 Å². The lowest BCUT2D eigenvalue weighted by Crippen LogP contribution is -2.50. The van der Waals surface area contributed by atoms with E-state index in [0.717, 1.165) is 30.8 Å². The first-order valence-electron chi connectivity index (χ1n) is 7.80. The minimum atomic E-state index is -0.366. The molecule has 1 aliphatic heterocycles. The highest BCUT2D eigenvalue weighted by molar-refractivity contribution is 5.74. The number of amides is 2. The summed E-state index contributed by atoms with van der Waals surface area (Å²) in [5.74, 6) is 0.845. The highest BCUT2D eigenvalue weighted by Gasteiger charge is 2.23. The van der Waals surface area contributed by atoms with Crippen molar-refractivity contribution in [1.29, 1.82) is 0 Å². The Morgan fingerprint density at radius 1 is 1.41 bits per heavy atom. The Morgan fingerprint density at radius 3 is 2.86 bits per heavy atom. The number of methoxy groups -OCH3 is 1. The van der Waals surface area contributed by atoms with Crippen LogP contribution in [0.3, 0.4) is 0 Å². The molecule has 2 N–H and O–H groups in total. The Kier molecular flexibility index (Phi) is 5.66. The van der Waals surface area contributed by atoms with E-state index in [9.17, 15) is 4.79 Å². The van der Waals surface area contributed by atoms with Gasteiger partial charge in [0, 0.05) is 18.7 Å². The van der Waals surface area contributed by atoms with Crippen LogP contribution in [0.1, 0.15) is 32.3 Å². The van der Waals surface area contributed by atoms with Crippen molar-refractivity contribution in [3.05, 3.63) is 29.8 Å². The van der Waals surface area contributed by atoms with Gasteiger partial charge in [0.1, 0.15) is 5.75 Å². The van der Waals surface area contributed by atoms with E-state index in [1.54, 1.807) is 7.11 Å². The van der Waals surface area contributed by atoms with Crippen LogP contribution in [0.2, 0.25) is 0 Å². The molecule has 0 aliphatic carbocycles. The third kappa shape index (κ3) is 4.91. The van der Waals surface area contributed by atoms with Gasteiger partial charge in [0.05, 0.1) is 13.2 Å². The Labute approximate surface area is 132 Å². The number of para-hydroxylation sites is 1. The topological polar surface area (TPSA) is 59.6 Å². The standard InChI is InChI=1S/C17H26N2O3/c1-17(2,11-13-7-4-5-9-15(13)21-3)19-16(20)18-12-14-8-6-10-22-14/h4-5,7,9,14H,6,8,10-12H2,1-3H3,(H2,18,19,20)/t14-/m1/s1. The zero-order valence-corrected chi connectivity index (χ0v) is 13.6. The van der Waals surface area contributed by atoms with Gasteiger partial charge in [-0.3, -0.25) is 0 Å². The van der Waals surface area contributed by atoms with Crippen LogP contribution in [0.15, 0.2) is 24.3 Å². The van der Waals surface area contributed by atoms with Crippen LogP contribution in [-0.4, -0.2) is 37.9 Å². The minimum Gasteiger partial charge on any atom is -0.496 e. The van der Waals surface area contributed by atoms with Gasteiger partial charge in [-0.1, -0.05) is 18.2 Å². The quantitative estimate of drug-likeness (QED) is 0.849. The highest BCUT2D eigenvalue weighted by atomic mass is 16.5. The summed E-state index contributed by atoms with van der Waals surface area (Å²) in [6, 6.07) is 7.72. The van der Waals surface area contributed by atoms with Gasteiger partial charge in [-0.05, 0) is 44.7 Å². The van der Waals surface area contributed by atoms with E-state index >= 15 is 0 Å². The number of benzene rings is 1. The van der Waals surface area contributed by atoms with Crippen LogP contribution >= 0.6 is 0 Å². The third-order valence-electron chi connectivity index (χ3n) is 3.79. The van der Waals surface area contributed by atoms with Crippen molar-refractivity contribution in [2.75, 3.05) is 20.3 Å². The third-order valence-corrected chi connectivity index (χ3v) is 3.79. The van der Waals surface area contributed by atoms with Crippen molar-refractivity contribution in [3.63, 3.8) is 0 Å². The Hall–Kier alpha value is -1.75. The Balaban J connectivity index is 1.85. The molecule has 1 heterocycles. The molecular formula is C17H26N2O3. The molecule has 1 saturated heterocycles. The van der Waals surface area contributed by atoms with E-state index in [0.29, 0.717) is 13.0 Å². The average Bonchev–Trinajstić information content (AvgIpc) is 2.98. The first-order valence-corrected chi connectivity index (χ1v) is 7.80. The van der Waals surface area contributed by atoms with E-state index in [2.05, 4.69) is 10.6 Å². The van der Waals surface area contributed by atoms with Gasteiger partial charge in [-0.25, -0.2) is 4.79 Å². The highest BCUT2D eigenvalue weighted by Crippen LogP contribution is 2.22. The number of urea groups is 1. The molecule has 0 radical (unpaired) electrons. The molecule has 0 bridgehead atoms. The first-order chi connectivity index (χ1) is 10.5. The van der Waals surface area contributed by atoms with Crippen molar-refractivity contribution >= 4 is 6.03 Å². The van der Waals surface area contributed by atoms with Crippen molar-refractivity contribution < 1.29 is 14.3 Å². The summed E-state index contributed by atoms with van der Waals surface area (Å²) in [6.07, 6.45) is 2.95. The second-order valence-corrected chi connectivity index (χ2v) is 6.34. The summed E-state index contributed by atoms with van der Waals surface area (Å²) in [6.45, 7) is 5.38. The summed E-state index contributed by atoms with van der Waals surface area (Å²) in [7, 11) is 1.66. The van der Waals surface area contributed by atoms with E-state index in [1.807, 2.05) is 38.1 Å². The molecule has 5 nitrogen and oxygen atoms in total. The predicted molar refractivity (Wildman–Crippen MR) is 86.3 cm³/mol. The van der Waals surface area contributed by atoms with Gasteiger partial charge in [-0.2, -0.15) is 0 Å². The molecule has 0 unspecified atom stereocenters. The molecule has 22 heavy (non-hydrogen) atoms. The maximum atomic E-state index is 12.1. The molecule has 2 amide bonds. The molecule has 1 aliphatic rings. The fourth-order valence-electron chi connectivity index (χ4n) is 2.73. The predicted octanol–water partition coefficient (Wildman–Crippen LogP) is 2.49. The monoisotopic (exact) mass is 306 g/mol. The molecular weight excluding hydrogens is 280 g/mol. The normalized spacial score (nSPS) is 18.0. The van der Waals surface area contributed by atoms with Gasteiger partial charge in [0.25, 0.3) is 0 Å². The molecule has 0 saturated carbocycles. The smallest absolute Gasteiger partial charge is 0.315 e. The van der Waals surface area contributed by atoms with Gasteiger partial charge < -0.3 is 20.1 Å². The van der Waals surface area contributed by atoms with Crippen molar-refractivity contribution in [2.45, 2.75) is 44.8 Å². The number of ether oxygens (including phenoxy) is 2. The Morgan fingerprint density at radius 2 is 2.18 bits per heavy atom. The average molecular weight is 306 g/mol. The number of rotatable bonds is 6. The van der Waals surface area contributed by atoms with Gasteiger partial charge in [-0.15, -0.1) is 0 Å². The van der Waals surface area contributed by atoms with Crippen LogP contribution in [-0.2, 0) is 11.2 Å². The van der Waals surface area contributed by atoms with E-state index < -0.39 is 0 Å². The molecule has 2 rings (SSSR count). The van der Waals surface area contributed by atoms with Crippen molar-refractivity contribution in [2.24, 2.45) is 0 Å². The van der Waals surface area contributed by atoms with E-state index in [1.165, 1.54) is 0 Å². The van der Waals surface area contributed by atoms with Gasteiger partial charge in [0.15, 0.2) is 0 Å². The summed E-state index contributed by atoms with van der Waals surface area (Å²) >= 11 is 0.